The largest absolute Gasteiger partial charge is 0.269 e. The molecule has 15 heavy (non-hydrogen) atoms. The van der Waals surface area contributed by atoms with Crippen LogP contribution in [0.1, 0.15) is 45.4 Å². The van der Waals surface area contributed by atoms with Crippen LogP contribution in [0.15, 0.2) is 20.5 Å². The monoisotopic (exact) mass is 291 g/mol. The fourth-order valence-corrected chi connectivity index (χ4v) is 3.18. The van der Waals surface area contributed by atoms with Gasteiger partial charge in [0.05, 0.1) is 0 Å². The van der Waals surface area contributed by atoms with E-state index >= 15 is 0 Å². The Hall–Kier alpha value is 0.223. The van der Waals surface area contributed by atoms with Gasteiger partial charge >= 0.3 is 96.6 Å². The Balaban J connectivity index is 0.000000980. The van der Waals surface area contributed by atoms with Gasteiger partial charge in [-0.3, -0.25) is 9.41 Å². The Morgan fingerprint density at radius 1 is 1.13 bits per heavy atom. The molecule has 2 rings (SSSR count). The van der Waals surface area contributed by atoms with Crippen molar-refractivity contribution in [2.24, 2.45) is 5.92 Å². The third kappa shape index (κ3) is 3.34. The van der Waals surface area contributed by atoms with Gasteiger partial charge in [0.15, 0.2) is 0 Å². The van der Waals surface area contributed by atoms with E-state index in [9.17, 15) is 0 Å². The molecule has 85 valence electrons. The molecule has 1 saturated carbocycles. The van der Waals surface area contributed by atoms with Crippen molar-refractivity contribution in [1.82, 2.24) is 0 Å². The molecule has 0 saturated heterocycles. The SMILES string of the molecule is CC1=[C]([Zr])CC=C1C1CCCCC1.F.F. The van der Waals surface area contributed by atoms with E-state index in [1.807, 2.05) is 0 Å². The fourth-order valence-electron chi connectivity index (χ4n) is 2.58. The van der Waals surface area contributed by atoms with Gasteiger partial charge in [-0.05, 0) is 0 Å². The smallest absolute Gasteiger partial charge is 0.269 e. The summed E-state index contributed by atoms with van der Waals surface area (Å²) in [6.07, 6.45) is 11.0. The average molecular weight is 293 g/mol. The first-order chi connectivity index (χ1) is 6.29. The van der Waals surface area contributed by atoms with E-state index in [-0.39, 0.29) is 9.41 Å². The molecule has 0 radical (unpaired) electrons. The number of hydrogen-bond donors (Lipinski definition) is 0. The standard InChI is InChI=1S/C12H17.2FH.Zr/c1-10-6-5-9-12(10)11-7-3-2-4-8-11;;;/h9,11H,2-5,7-8H2,1H3;2*1H;. The first-order valence-corrected chi connectivity index (χ1v) is 6.63. The molecule has 0 bridgehead atoms. The molecule has 0 amide bonds. The van der Waals surface area contributed by atoms with Crippen LogP contribution < -0.4 is 0 Å². The maximum Gasteiger partial charge on any atom is -0.269 e. The molecular formula is C12H19F2Zr. The minimum atomic E-state index is 0. The summed E-state index contributed by atoms with van der Waals surface area (Å²) in [5.41, 5.74) is 3.36. The molecule has 3 heteroatoms. The molecule has 0 aromatic carbocycles. The molecule has 0 unspecified atom stereocenters. The van der Waals surface area contributed by atoms with Gasteiger partial charge < -0.3 is 0 Å². The molecule has 2 aliphatic rings. The first-order valence-electron chi connectivity index (χ1n) is 5.41. The zero-order chi connectivity index (χ0) is 9.26. The van der Waals surface area contributed by atoms with Crippen LogP contribution in [0.2, 0.25) is 0 Å². The zero-order valence-corrected chi connectivity index (χ0v) is 11.7. The molecule has 0 aromatic heterocycles. The van der Waals surface area contributed by atoms with Gasteiger partial charge in [-0.2, -0.15) is 0 Å². The van der Waals surface area contributed by atoms with Crippen LogP contribution in [-0.4, -0.2) is 0 Å². The molecule has 2 aliphatic carbocycles. The van der Waals surface area contributed by atoms with Gasteiger partial charge in [-0.25, -0.2) is 0 Å². The Kier molecular flexibility index (Phi) is 6.83. The molecule has 0 aromatic rings. The Bertz CT molecular complexity index is 263. The van der Waals surface area contributed by atoms with Gasteiger partial charge in [0.1, 0.15) is 0 Å². The molecule has 0 aliphatic heterocycles. The number of rotatable bonds is 1. The van der Waals surface area contributed by atoms with Crippen LogP contribution in [0, 0.1) is 5.92 Å². The van der Waals surface area contributed by atoms with Crippen LogP contribution in [-0.2, 0) is 24.7 Å². The summed E-state index contributed by atoms with van der Waals surface area (Å²) in [6.45, 7) is 2.33. The number of allylic oxidation sites excluding steroid dienone is 4. The summed E-state index contributed by atoms with van der Waals surface area (Å²) >= 11 is 1.63. The van der Waals surface area contributed by atoms with E-state index in [0.717, 1.165) is 5.92 Å². The van der Waals surface area contributed by atoms with Crippen molar-refractivity contribution < 1.29 is 34.1 Å². The van der Waals surface area contributed by atoms with Crippen molar-refractivity contribution in [3.05, 3.63) is 20.5 Å². The van der Waals surface area contributed by atoms with Crippen molar-refractivity contribution in [3.63, 3.8) is 0 Å². The van der Waals surface area contributed by atoms with Crippen molar-refractivity contribution in [2.45, 2.75) is 45.4 Å². The second kappa shape index (κ2) is 6.73. The molecule has 0 N–H and O–H groups in total. The Morgan fingerprint density at radius 3 is 2.20 bits per heavy atom. The van der Waals surface area contributed by atoms with Crippen LogP contribution in [0.25, 0.3) is 0 Å². The molecule has 0 nitrogen and oxygen atoms in total. The van der Waals surface area contributed by atoms with Gasteiger partial charge in [0.25, 0.3) is 0 Å². The minimum absolute atomic E-state index is 0. The van der Waals surface area contributed by atoms with E-state index < -0.39 is 0 Å². The summed E-state index contributed by atoms with van der Waals surface area (Å²) in [7, 11) is 0. The minimum Gasteiger partial charge on any atom is -0.269 e. The van der Waals surface area contributed by atoms with Gasteiger partial charge in [0, 0.05) is 0 Å². The first kappa shape index (κ1) is 15.2. The Morgan fingerprint density at radius 2 is 1.73 bits per heavy atom. The van der Waals surface area contributed by atoms with Crippen molar-refractivity contribution in [3.8, 4) is 0 Å². The van der Waals surface area contributed by atoms with E-state index in [1.54, 1.807) is 39.1 Å². The van der Waals surface area contributed by atoms with Crippen molar-refractivity contribution >= 4 is 0 Å². The predicted molar refractivity (Wildman–Crippen MR) is 57.0 cm³/mol. The van der Waals surface area contributed by atoms with Gasteiger partial charge in [0.2, 0.25) is 0 Å². The summed E-state index contributed by atoms with van der Waals surface area (Å²) in [4.78, 5) is 0. The van der Waals surface area contributed by atoms with Crippen LogP contribution in [0.4, 0.5) is 9.41 Å². The van der Waals surface area contributed by atoms with Crippen molar-refractivity contribution in [1.29, 1.82) is 0 Å². The quantitative estimate of drug-likeness (QED) is 0.685. The fraction of sp³-hybridized carbons (Fsp3) is 0.667. The molecule has 0 spiro atoms. The van der Waals surface area contributed by atoms with Crippen molar-refractivity contribution in [2.75, 3.05) is 0 Å². The Labute approximate surface area is 106 Å². The van der Waals surface area contributed by atoms with Crippen LogP contribution in [0.3, 0.4) is 0 Å². The topological polar surface area (TPSA) is 0 Å². The van der Waals surface area contributed by atoms with Gasteiger partial charge in [-0.15, -0.1) is 0 Å². The van der Waals surface area contributed by atoms with Crippen LogP contribution in [0.5, 0.6) is 0 Å². The number of hydrogen-bond acceptors (Lipinski definition) is 0. The van der Waals surface area contributed by atoms with E-state index in [4.69, 9.17) is 0 Å². The molecular weight excluding hydrogens is 273 g/mol. The van der Waals surface area contributed by atoms with Gasteiger partial charge in [-0.1, -0.05) is 0 Å². The van der Waals surface area contributed by atoms with E-state index in [1.165, 1.54) is 38.5 Å². The second-order valence-electron chi connectivity index (χ2n) is 4.30. The summed E-state index contributed by atoms with van der Waals surface area (Å²) < 4.78 is 1.69. The number of halogens is 2. The predicted octanol–water partition coefficient (Wildman–Crippen LogP) is 4.02. The third-order valence-corrected chi connectivity index (χ3v) is 4.88. The molecule has 0 atom stereocenters. The summed E-state index contributed by atoms with van der Waals surface area (Å²) in [5, 5.41) is 0. The molecule has 1 fully saturated rings. The maximum absolute atomic E-state index is 2.50. The van der Waals surface area contributed by atoms with E-state index in [2.05, 4.69) is 13.0 Å². The third-order valence-electron chi connectivity index (χ3n) is 3.46. The van der Waals surface area contributed by atoms with E-state index in [0.29, 0.717) is 0 Å². The maximum atomic E-state index is 2.50. The average Bonchev–Trinajstić information content (AvgIpc) is 2.49. The zero-order valence-electron chi connectivity index (χ0n) is 9.21. The normalized spacial score (nSPS) is 21.7. The van der Waals surface area contributed by atoms with Crippen LogP contribution >= 0.6 is 0 Å². The summed E-state index contributed by atoms with van der Waals surface area (Å²) in [5.74, 6) is 0.923. The molecule has 0 heterocycles. The second-order valence-corrected chi connectivity index (χ2v) is 5.79. The summed E-state index contributed by atoms with van der Waals surface area (Å²) in [6, 6.07) is 0.